The Labute approximate surface area is 83.8 Å². The molecule has 0 rings (SSSR count). The van der Waals surface area contributed by atoms with Gasteiger partial charge in [0.1, 0.15) is 0 Å². The van der Waals surface area contributed by atoms with Gasteiger partial charge in [0, 0.05) is 6.10 Å². The number of rotatable bonds is 6. The zero-order valence-corrected chi connectivity index (χ0v) is 8.54. The van der Waals surface area contributed by atoms with Gasteiger partial charge >= 0.3 is 14.6 Å². The Kier molecular flexibility index (Phi) is 5.65. The molecule has 0 aromatic heterocycles. The molecule has 4 N–H and O–H groups in total. The number of hydrogen-bond acceptors (Lipinski definition) is 6. The molecule has 6 nitrogen and oxygen atoms in total. The summed E-state index contributed by atoms with van der Waals surface area (Å²) in [6, 6.07) is 0. The SMILES string of the molecule is CC(CC(C)(C)OB(O)O)OB(O)O. The van der Waals surface area contributed by atoms with E-state index < -0.39 is 26.3 Å². The van der Waals surface area contributed by atoms with E-state index >= 15 is 0 Å². The summed E-state index contributed by atoms with van der Waals surface area (Å²) in [4.78, 5) is 0. The van der Waals surface area contributed by atoms with Crippen molar-refractivity contribution in [2.24, 2.45) is 0 Å². The zero-order valence-electron chi connectivity index (χ0n) is 8.54. The van der Waals surface area contributed by atoms with Crippen LogP contribution in [0.3, 0.4) is 0 Å². The summed E-state index contributed by atoms with van der Waals surface area (Å²) in [6.07, 6.45) is -0.175. The van der Waals surface area contributed by atoms with Crippen LogP contribution in [0.5, 0.6) is 0 Å². The maximum Gasteiger partial charge on any atom is 0.634 e. The van der Waals surface area contributed by atoms with Crippen LogP contribution in [0.4, 0.5) is 0 Å². The van der Waals surface area contributed by atoms with Crippen molar-refractivity contribution in [1.29, 1.82) is 0 Å². The molecule has 0 aromatic rings. The van der Waals surface area contributed by atoms with Crippen molar-refractivity contribution in [2.45, 2.75) is 38.9 Å². The van der Waals surface area contributed by atoms with Crippen molar-refractivity contribution in [1.82, 2.24) is 0 Å². The van der Waals surface area contributed by atoms with Gasteiger partial charge in [-0.05, 0) is 27.2 Å². The lowest BCUT2D eigenvalue weighted by Gasteiger charge is -2.28. The van der Waals surface area contributed by atoms with Gasteiger partial charge in [0.2, 0.25) is 0 Å². The molecule has 0 heterocycles. The first-order valence-electron chi connectivity index (χ1n) is 4.28. The van der Waals surface area contributed by atoms with Crippen LogP contribution in [0.25, 0.3) is 0 Å². The summed E-state index contributed by atoms with van der Waals surface area (Å²) >= 11 is 0. The van der Waals surface area contributed by atoms with Crippen LogP contribution in [0.1, 0.15) is 27.2 Å². The quantitative estimate of drug-likeness (QED) is 0.395. The van der Waals surface area contributed by atoms with Crippen molar-refractivity contribution < 1.29 is 29.4 Å². The molecule has 14 heavy (non-hydrogen) atoms. The average molecular weight is 206 g/mol. The minimum absolute atomic E-state index is 0.294. The maximum atomic E-state index is 8.58. The van der Waals surface area contributed by atoms with Gasteiger partial charge in [-0.25, -0.2) is 0 Å². The van der Waals surface area contributed by atoms with Crippen molar-refractivity contribution >= 4 is 14.6 Å². The third kappa shape index (κ3) is 7.31. The molecule has 82 valence electrons. The molecule has 1 atom stereocenters. The van der Waals surface area contributed by atoms with Gasteiger partial charge in [-0.2, -0.15) is 0 Å². The lowest BCUT2D eigenvalue weighted by molar-refractivity contribution is 0.00543. The van der Waals surface area contributed by atoms with E-state index in [-0.39, 0.29) is 0 Å². The Bertz CT molecular complexity index is 162. The van der Waals surface area contributed by atoms with Gasteiger partial charge in [0.05, 0.1) is 5.60 Å². The first kappa shape index (κ1) is 13.9. The van der Waals surface area contributed by atoms with E-state index in [4.69, 9.17) is 24.8 Å². The van der Waals surface area contributed by atoms with Gasteiger partial charge in [0.15, 0.2) is 0 Å². The molecule has 0 aromatic carbocycles. The van der Waals surface area contributed by atoms with Crippen molar-refractivity contribution in [3.63, 3.8) is 0 Å². The molecule has 8 heteroatoms. The summed E-state index contributed by atoms with van der Waals surface area (Å²) in [5.41, 5.74) is -0.817. The lowest BCUT2D eigenvalue weighted by atomic mass is 9.98. The fraction of sp³-hybridized carbons (Fsp3) is 1.00. The highest BCUT2D eigenvalue weighted by atomic mass is 16.6. The van der Waals surface area contributed by atoms with Crippen molar-refractivity contribution in [2.75, 3.05) is 0 Å². The summed E-state index contributed by atoms with van der Waals surface area (Å²) in [7, 11) is -3.68. The van der Waals surface area contributed by atoms with Crippen LogP contribution in [0.15, 0.2) is 0 Å². The maximum absolute atomic E-state index is 8.58. The number of hydrogen-bond donors (Lipinski definition) is 4. The second-order valence-corrected chi connectivity index (χ2v) is 3.68. The van der Waals surface area contributed by atoms with Gasteiger partial charge < -0.3 is 29.4 Å². The third-order valence-electron chi connectivity index (χ3n) is 1.56. The Morgan fingerprint density at radius 2 is 1.64 bits per heavy atom. The molecule has 0 saturated heterocycles. The highest BCUT2D eigenvalue weighted by Gasteiger charge is 2.28. The largest absolute Gasteiger partial charge is 0.634 e. The minimum Gasteiger partial charge on any atom is -0.402 e. The summed E-state index contributed by atoms with van der Waals surface area (Å²) in [6.45, 7) is 4.89. The molecule has 0 bridgehead atoms. The Morgan fingerprint density at radius 1 is 1.14 bits per heavy atom. The Morgan fingerprint density at radius 3 is 2.00 bits per heavy atom. The fourth-order valence-corrected chi connectivity index (χ4v) is 1.28. The standard InChI is InChI=1S/C6H16B2O6/c1-5(13-7(9)10)4-6(2,3)14-8(11)12/h5,9-12H,4H2,1-3H3. The van der Waals surface area contributed by atoms with E-state index in [2.05, 4.69) is 4.65 Å². The predicted octanol–water partition coefficient (Wildman–Crippen LogP) is -1.48. The predicted molar refractivity (Wildman–Crippen MR) is 50.7 cm³/mol. The molecule has 0 fully saturated rings. The smallest absolute Gasteiger partial charge is 0.402 e. The summed E-state index contributed by atoms with van der Waals surface area (Å²) in [5, 5.41) is 34.1. The zero-order chi connectivity index (χ0) is 11.4. The molecule has 0 saturated carbocycles. The van der Waals surface area contributed by atoms with E-state index in [0.29, 0.717) is 6.42 Å². The van der Waals surface area contributed by atoms with E-state index in [9.17, 15) is 0 Å². The molecule has 1 unspecified atom stereocenters. The highest BCUT2D eigenvalue weighted by Crippen LogP contribution is 2.18. The Balaban J connectivity index is 3.94. The van der Waals surface area contributed by atoms with E-state index in [0.717, 1.165) is 0 Å². The van der Waals surface area contributed by atoms with Crippen LogP contribution >= 0.6 is 0 Å². The van der Waals surface area contributed by atoms with Crippen LogP contribution in [0, 0.1) is 0 Å². The molecule has 0 spiro atoms. The molecular formula is C6H16B2O6. The molecule has 0 aliphatic rings. The molecule has 0 aliphatic carbocycles. The van der Waals surface area contributed by atoms with Crippen molar-refractivity contribution in [3.8, 4) is 0 Å². The topological polar surface area (TPSA) is 99.4 Å². The van der Waals surface area contributed by atoms with Gasteiger partial charge in [-0.15, -0.1) is 0 Å². The second kappa shape index (κ2) is 5.69. The second-order valence-electron chi connectivity index (χ2n) is 3.68. The molecule has 0 radical (unpaired) electrons. The third-order valence-corrected chi connectivity index (χ3v) is 1.56. The monoisotopic (exact) mass is 206 g/mol. The first-order valence-corrected chi connectivity index (χ1v) is 4.28. The van der Waals surface area contributed by atoms with Crippen LogP contribution < -0.4 is 0 Å². The summed E-state index contributed by atoms with van der Waals surface area (Å²) < 4.78 is 9.39. The van der Waals surface area contributed by atoms with Gasteiger partial charge in [-0.3, -0.25) is 0 Å². The molecule has 0 amide bonds. The van der Waals surface area contributed by atoms with E-state index in [1.807, 2.05) is 0 Å². The van der Waals surface area contributed by atoms with Crippen molar-refractivity contribution in [3.05, 3.63) is 0 Å². The minimum atomic E-state index is -1.85. The normalized spacial score (nSPS) is 13.9. The van der Waals surface area contributed by atoms with Gasteiger partial charge in [0.25, 0.3) is 0 Å². The average Bonchev–Trinajstić information content (AvgIpc) is 1.77. The molecule has 0 aliphatic heterocycles. The van der Waals surface area contributed by atoms with Crippen LogP contribution in [-0.2, 0) is 9.31 Å². The fourth-order valence-electron chi connectivity index (χ4n) is 1.28. The van der Waals surface area contributed by atoms with Crippen LogP contribution in [0.2, 0.25) is 0 Å². The summed E-state index contributed by atoms with van der Waals surface area (Å²) in [5.74, 6) is 0. The highest BCUT2D eigenvalue weighted by molar-refractivity contribution is 6.33. The van der Waals surface area contributed by atoms with Gasteiger partial charge in [-0.1, -0.05) is 0 Å². The van der Waals surface area contributed by atoms with E-state index in [1.54, 1.807) is 20.8 Å². The Hall–Kier alpha value is -0.110. The molecular weight excluding hydrogens is 190 g/mol. The first-order chi connectivity index (χ1) is 6.23. The van der Waals surface area contributed by atoms with E-state index in [1.165, 1.54) is 0 Å². The lowest BCUT2D eigenvalue weighted by Crippen LogP contribution is -2.38. The van der Waals surface area contributed by atoms with Crippen LogP contribution in [-0.4, -0.2) is 46.4 Å².